The third-order valence-electron chi connectivity index (χ3n) is 6.57. The summed E-state index contributed by atoms with van der Waals surface area (Å²) < 4.78 is 0. The first-order chi connectivity index (χ1) is 16.0. The van der Waals surface area contributed by atoms with Gasteiger partial charge in [-0.05, 0) is 60.4 Å². The van der Waals surface area contributed by atoms with Crippen LogP contribution in [0.1, 0.15) is 71.9 Å². The van der Waals surface area contributed by atoms with Crippen LogP contribution < -0.4 is 16.0 Å². The van der Waals surface area contributed by atoms with E-state index in [4.69, 9.17) is 0 Å². The van der Waals surface area contributed by atoms with Crippen molar-refractivity contribution in [1.82, 2.24) is 16.0 Å². The lowest BCUT2D eigenvalue weighted by molar-refractivity contribution is -0.129. The Morgan fingerprint density at radius 1 is 0.941 bits per heavy atom. The van der Waals surface area contributed by atoms with Crippen molar-refractivity contribution in [3.05, 3.63) is 53.6 Å². The molecule has 0 radical (unpaired) electrons. The summed E-state index contributed by atoms with van der Waals surface area (Å²) >= 11 is 0. The molecule has 0 saturated heterocycles. The minimum atomic E-state index is -0.341. The summed E-state index contributed by atoms with van der Waals surface area (Å²) in [4.78, 5) is 23.9. The molecule has 0 unspecified atom stereocenters. The van der Waals surface area contributed by atoms with Gasteiger partial charge in [0.25, 0.3) is 0 Å². The Kier molecular flexibility index (Phi) is 9.54. The summed E-state index contributed by atoms with van der Waals surface area (Å²) in [5, 5.41) is 19.4. The van der Waals surface area contributed by atoms with Crippen molar-refractivity contribution in [3.8, 4) is 16.9 Å². The maximum absolute atomic E-state index is 12.3. The summed E-state index contributed by atoms with van der Waals surface area (Å²) in [7, 11) is 0. The van der Waals surface area contributed by atoms with Crippen LogP contribution in [0.2, 0.25) is 0 Å². The Balaban J connectivity index is 2.03. The highest BCUT2D eigenvalue weighted by Crippen LogP contribution is 2.36. The molecule has 0 heterocycles. The average molecular weight is 468 g/mol. The molecule has 0 fully saturated rings. The first kappa shape index (κ1) is 27.2. The molecule has 0 saturated carbocycles. The number of hydrogen-bond donors (Lipinski definition) is 4. The molecular weight excluding hydrogens is 426 g/mol. The second kappa shape index (κ2) is 11.9. The number of aromatic hydroxyl groups is 1. The normalized spacial score (nSPS) is 11.7. The number of carbonyl (C=O) groups is 2. The smallest absolute Gasteiger partial charge is 0.315 e. The summed E-state index contributed by atoms with van der Waals surface area (Å²) in [5.74, 6) is 0.329. The number of rotatable bonds is 11. The lowest BCUT2D eigenvalue weighted by Gasteiger charge is -2.27. The van der Waals surface area contributed by atoms with Crippen molar-refractivity contribution in [2.45, 2.75) is 72.8 Å². The second-order valence-corrected chi connectivity index (χ2v) is 10.1. The third-order valence-corrected chi connectivity index (χ3v) is 6.57. The molecule has 4 N–H and O–H groups in total. The molecule has 0 aliphatic heterocycles. The Hall–Kier alpha value is -3.02. The lowest BCUT2D eigenvalue weighted by Crippen LogP contribution is -2.37. The maximum Gasteiger partial charge on any atom is 0.315 e. The third kappa shape index (κ3) is 7.51. The van der Waals surface area contributed by atoms with Crippen molar-refractivity contribution >= 4 is 11.9 Å². The van der Waals surface area contributed by atoms with Gasteiger partial charge >= 0.3 is 6.03 Å². The minimum absolute atomic E-state index is 0.0956. The monoisotopic (exact) mass is 467 g/mol. The van der Waals surface area contributed by atoms with Gasteiger partial charge in [0.15, 0.2) is 0 Å². The van der Waals surface area contributed by atoms with Gasteiger partial charge in [0.05, 0.1) is 0 Å². The van der Waals surface area contributed by atoms with E-state index in [9.17, 15) is 14.7 Å². The molecule has 0 spiro atoms. The molecular formula is C28H41N3O3. The van der Waals surface area contributed by atoms with E-state index in [-0.39, 0.29) is 28.5 Å². The van der Waals surface area contributed by atoms with E-state index < -0.39 is 0 Å². The van der Waals surface area contributed by atoms with E-state index in [1.54, 1.807) is 0 Å². The summed E-state index contributed by atoms with van der Waals surface area (Å²) in [5.41, 5.74) is 3.20. The van der Waals surface area contributed by atoms with Crippen molar-refractivity contribution in [3.63, 3.8) is 0 Å². The predicted molar refractivity (Wildman–Crippen MR) is 139 cm³/mol. The molecule has 186 valence electrons. The zero-order valence-corrected chi connectivity index (χ0v) is 21.5. The average Bonchev–Trinajstić information content (AvgIpc) is 2.80. The van der Waals surface area contributed by atoms with Gasteiger partial charge in [-0.1, -0.05) is 65.0 Å². The van der Waals surface area contributed by atoms with Crippen molar-refractivity contribution in [1.29, 1.82) is 0 Å². The first-order valence-corrected chi connectivity index (χ1v) is 12.2. The standard InChI is InChI=1S/C28H41N3O3/c1-7-27(3,4)25(33)30-16-10-15-28(5,6)22-13-14-23(24(32)18-22)21-12-9-11-20(17-21)19-31-26(34)29-8-2/h9,11-14,17-18,32H,7-8,10,15-16,19H2,1-6H3,(H,30,33)(H2,29,31,34). The fraction of sp³-hybridized carbons (Fsp3) is 0.500. The number of benzene rings is 2. The zero-order chi connectivity index (χ0) is 25.4. The van der Waals surface area contributed by atoms with Crippen LogP contribution in [0.4, 0.5) is 4.79 Å². The Bertz CT molecular complexity index is 983. The van der Waals surface area contributed by atoms with E-state index in [2.05, 4.69) is 35.9 Å². The molecule has 0 aliphatic carbocycles. The molecule has 34 heavy (non-hydrogen) atoms. The largest absolute Gasteiger partial charge is 0.507 e. The van der Waals surface area contributed by atoms with E-state index in [0.717, 1.165) is 41.5 Å². The Morgan fingerprint density at radius 3 is 2.32 bits per heavy atom. The minimum Gasteiger partial charge on any atom is -0.507 e. The Morgan fingerprint density at radius 2 is 1.68 bits per heavy atom. The van der Waals surface area contributed by atoms with Gasteiger partial charge in [-0.2, -0.15) is 0 Å². The molecule has 2 aromatic rings. The number of urea groups is 1. The molecule has 3 amide bonds. The number of amides is 3. The first-order valence-electron chi connectivity index (χ1n) is 12.2. The van der Waals surface area contributed by atoms with Crippen LogP contribution in [0.25, 0.3) is 11.1 Å². The van der Waals surface area contributed by atoms with Crippen LogP contribution in [0.15, 0.2) is 42.5 Å². The van der Waals surface area contributed by atoms with E-state index in [0.29, 0.717) is 19.6 Å². The number of phenolic OH excluding ortho intramolecular Hbond substituents is 1. The number of phenols is 1. The van der Waals surface area contributed by atoms with Crippen molar-refractivity contribution in [2.24, 2.45) is 5.41 Å². The molecule has 0 atom stereocenters. The highest BCUT2D eigenvalue weighted by atomic mass is 16.3. The van der Waals surface area contributed by atoms with Gasteiger partial charge in [0.2, 0.25) is 5.91 Å². The fourth-order valence-electron chi connectivity index (χ4n) is 3.73. The quantitative estimate of drug-likeness (QED) is 0.330. The van der Waals surface area contributed by atoms with Gasteiger partial charge in [0.1, 0.15) is 5.75 Å². The van der Waals surface area contributed by atoms with E-state index >= 15 is 0 Å². The van der Waals surface area contributed by atoms with Crippen LogP contribution in [-0.2, 0) is 16.8 Å². The zero-order valence-electron chi connectivity index (χ0n) is 21.5. The molecule has 0 bridgehead atoms. The SMILES string of the molecule is CCNC(=O)NCc1cccc(-c2ccc(C(C)(C)CCCNC(=O)C(C)(C)CC)cc2O)c1. The topological polar surface area (TPSA) is 90.5 Å². The lowest BCUT2D eigenvalue weighted by atomic mass is 9.79. The van der Waals surface area contributed by atoms with Crippen molar-refractivity contribution in [2.75, 3.05) is 13.1 Å². The highest BCUT2D eigenvalue weighted by molar-refractivity contribution is 5.81. The second-order valence-electron chi connectivity index (χ2n) is 10.1. The van der Waals surface area contributed by atoms with E-state index in [1.165, 1.54) is 0 Å². The van der Waals surface area contributed by atoms with Crippen LogP contribution in [0.5, 0.6) is 5.75 Å². The maximum atomic E-state index is 12.3. The van der Waals surface area contributed by atoms with Crippen LogP contribution in [0.3, 0.4) is 0 Å². The van der Waals surface area contributed by atoms with Crippen LogP contribution in [-0.4, -0.2) is 30.1 Å². The summed E-state index contributed by atoms with van der Waals surface area (Å²) in [6.07, 6.45) is 2.56. The van der Waals surface area contributed by atoms with Gasteiger partial charge < -0.3 is 21.1 Å². The van der Waals surface area contributed by atoms with Crippen LogP contribution in [0, 0.1) is 5.41 Å². The molecule has 6 nitrogen and oxygen atoms in total. The summed E-state index contributed by atoms with van der Waals surface area (Å²) in [6, 6.07) is 13.5. The molecule has 0 aromatic heterocycles. The number of hydrogen-bond acceptors (Lipinski definition) is 3. The summed E-state index contributed by atoms with van der Waals surface area (Å²) in [6.45, 7) is 13.8. The molecule has 2 aromatic carbocycles. The molecule has 6 heteroatoms. The Labute approximate surface area is 204 Å². The van der Waals surface area contributed by atoms with Crippen molar-refractivity contribution < 1.29 is 14.7 Å². The number of nitrogens with one attached hydrogen (secondary N) is 3. The van der Waals surface area contributed by atoms with Crippen LogP contribution >= 0.6 is 0 Å². The van der Waals surface area contributed by atoms with E-state index in [1.807, 2.05) is 64.1 Å². The van der Waals surface area contributed by atoms with Gasteiger partial charge in [-0.15, -0.1) is 0 Å². The molecule has 0 aliphatic rings. The van der Waals surface area contributed by atoms with Gasteiger partial charge in [0, 0.05) is 30.6 Å². The molecule has 2 rings (SSSR count). The highest BCUT2D eigenvalue weighted by Gasteiger charge is 2.25. The van der Waals surface area contributed by atoms with Gasteiger partial charge in [-0.25, -0.2) is 4.79 Å². The van der Waals surface area contributed by atoms with Gasteiger partial charge in [-0.3, -0.25) is 4.79 Å². The fourth-order valence-corrected chi connectivity index (χ4v) is 3.73. The number of carbonyl (C=O) groups excluding carboxylic acids is 2. The predicted octanol–water partition coefficient (Wildman–Crippen LogP) is 5.49.